The van der Waals surface area contributed by atoms with E-state index in [0.29, 0.717) is 17.0 Å². The fourth-order valence-electron chi connectivity index (χ4n) is 4.56. The molecule has 0 spiro atoms. The van der Waals surface area contributed by atoms with Gasteiger partial charge < -0.3 is 20.3 Å². The Morgan fingerprint density at radius 2 is 1.85 bits per heavy atom. The Morgan fingerprint density at radius 3 is 2.52 bits per heavy atom. The molecule has 0 bridgehead atoms. The van der Waals surface area contributed by atoms with Gasteiger partial charge in [-0.15, -0.1) is 0 Å². The second kappa shape index (κ2) is 9.53. The van der Waals surface area contributed by atoms with Crippen molar-refractivity contribution in [2.24, 2.45) is 0 Å². The molecule has 0 radical (unpaired) electrons. The van der Waals surface area contributed by atoms with Gasteiger partial charge in [-0.25, -0.2) is 0 Å². The molecule has 4 rings (SSSR count). The van der Waals surface area contributed by atoms with Gasteiger partial charge in [-0.2, -0.15) is 0 Å². The lowest BCUT2D eigenvalue weighted by molar-refractivity contribution is -0.131. The summed E-state index contributed by atoms with van der Waals surface area (Å²) in [5.74, 6) is -0.855. The fourth-order valence-corrected chi connectivity index (χ4v) is 4.69. The van der Waals surface area contributed by atoms with E-state index >= 15 is 0 Å². The topological polar surface area (TPSA) is 87.7 Å². The third-order valence-electron chi connectivity index (χ3n) is 6.47. The van der Waals surface area contributed by atoms with Crippen LogP contribution in [0.25, 0.3) is 0 Å². The quantitative estimate of drug-likeness (QED) is 0.651. The smallest absolute Gasteiger partial charge is 0.251 e. The largest absolute Gasteiger partial charge is 0.378 e. The molecule has 8 heteroatoms. The minimum atomic E-state index is -0.993. The number of carbonyl (C=O) groups excluding carboxylic acids is 3. The lowest BCUT2D eigenvalue weighted by Gasteiger charge is -2.30. The third kappa shape index (κ3) is 4.89. The minimum absolute atomic E-state index is 0.0113. The van der Waals surface area contributed by atoms with Gasteiger partial charge in [0.1, 0.15) is 18.2 Å². The Bertz CT molecular complexity index is 1040. The number of fused-ring (bicyclic) bond motifs is 1. The standard InChI is InChI=1S/C25H28ClN3O4/c1-29(2)19-11-7-17(8-12-19)23(31)27-20(14-16-5-9-18(26)10-6-16)24(32)28-25-13-3-4-22(25)33-15-21(25)30/h5-12,20,22H,3-4,13-15H2,1-2H3,(H,27,31)(H,28,32). The monoisotopic (exact) mass is 469 g/mol. The van der Waals surface area contributed by atoms with Gasteiger partial charge in [-0.3, -0.25) is 14.4 Å². The Hall–Kier alpha value is -2.90. The predicted molar refractivity (Wildman–Crippen MR) is 127 cm³/mol. The first kappa shape index (κ1) is 23.3. The molecule has 1 aliphatic carbocycles. The Labute approximate surface area is 198 Å². The van der Waals surface area contributed by atoms with Crippen LogP contribution in [-0.2, 0) is 20.7 Å². The number of ether oxygens (including phenoxy) is 1. The Kier molecular flexibility index (Phi) is 6.72. The van der Waals surface area contributed by atoms with Crippen molar-refractivity contribution in [1.29, 1.82) is 0 Å². The van der Waals surface area contributed by atoms with Crippen LogP contribution in [0.2, 0.25) is 5.02 Å². The van der Waals surface area contributed by atoms with E-state index in [1.54, 1.807) is 24.3 Å². The van der Waals surface area contributed by atoms with Crippen molar-refractivity contribution < 1.29 is 19.1 Å². The zero-order valence-corrected chi connectivity index (χ0v) is 19.5. The Balaban J connectivity index is 1.54. The molecule has 2 N–H and O–H groups in total. The van der Waals surface area contributed by atoms with Gasteiger partial charge in [0.05, 0.1) is 6.10 Å². The van der Waals surface area contributed by atoms with Gasteiger partial charge in [0, 0.05) is 36.8 Å². The second-order valence-corrected chi connectivity index (χ2v) is 9.31. The molecule has 2 aromatic rings. The molecule has 1 heterocycles. The number of ketones is 1. The summed E-state index contributed by atoms with van der Waals surface area (Å²) in [7, 11) is 3.84. The predicted octanol–water partition coefficient (Wildman–Crippen LogP) is 2.75. The molecule has 1 saturated heterocycles. The van der Waals surface area contributed by atoms with Crippen LogP contribution in [0.5, 0.6) is 0 Å². The van der Waals surface area contributed by atoms with Crippen molar-refractivity contribution >= 4 is 34.9 Å². The van der Waals surface area contributed by atoms with Crippen LogP contribution in [0.15, 0.2) is 48.5 Å². The average Bonchev–Trinajstić information content (AvgIpc) is 3.34. The molecule has 2 fully saturated rings. The van der Waals surface area contributed by atoms with Gasteiger partial charge >= 0.3 is 0 Å². The summed E-state index contributed by atoms with van der Waals surface area (Å²) in [5, 5.41) is 6.41. The number of hydrogen-bond acceptors (Lipinski definition) is 5. The summed E-state index contributed by atoms with van der Waals surface area (Å²) in [6, 6.07) is 13.4. The lowest BCUT2D eigenvalue weighted by atomic mass is 9.91. The maximum atomic E-state index is 13.4. The summed E-state index contributed by atoms with van der Waals surface area (Å²) in [4.78, 5) is 40.9. The highest BCUT2D eigenvalue weighted by Crippen LogP contribution is 2.37. The summed E-state index contributed by atoms with van der Waals surface area (Å²) < 4.78 is 5.62. The van der Waals surface area contributed by atoms with Crippen molar-refractivity contribution in [3.8, 4) is 0 Å². The van der Waals surface area contributed by atoms with Crippen molar-refractivity contribution in [2.45, 2.75) is 43.4 Å². The number of hydrogen-bond donors (Lipinski definition) is 2. The minimum Gasteiger partial charge on any atom is -0.378 e. The zero-order valence-electron chi connectivity index (χ0n) is 18.8. The first-order chi connectivity index (χ1) is 15.8. The molecule has 33 heavy (non-hydrogen) atoms. The number of nitrogens with one attached hydrogen (secondary N) is 2. The van der Waals surface area contributed by atoms with E-state index < -0.39 is 17.5 Å². The average molecular weight is 470 g/mol. The van der Waals surface area contributed by atoms with Gasteiger partial charge in [0.25, 0.3) is 5.91 Å². The molecular weight excluding hydrogens is 442 g/mol. The molecule has 2 aromatic carbocycles. The zero-order chi connectivity index (χ0) is 23.6. The third-order valence-corrected chi connectivity index (χ3v) is 6.72. The highest BCUT2D eigenvalue weighted by atomic mass is 35.5. The molecule has 174 valence electrons. The highest BCUT2D eigenvalue weighted by molar-refractivity contribution is 6.30. The van der Waals surface area contributed by atoms with Gasteiger partial charge in [0.2, 0.25) is 5.91 Å². The number of nitrogens with zero attached hydrogens (tertiary/aromatic N) is 1. The van der Waals surface area contributed by atoms with E-state index in [9.17, 15) is 14.4 Å². The van der Waals surface area contributed by atoms with Gasteiger partial charge in [-0.05, 0) is 61.2 Å². The fraction of sp³-hybridized carbons (Fsp3) is 0.400. The van der Waals surface area contributed by atoms with E-state index in [4.69, 9.17) is 16.3 Å². The number of carbonyl (C=O) groups is 3. The van der Waals surface area contributed by atoms with E-state index in [1.165, 1.54) is 0 Å². The maximum Gasteiger partial charge on any atom is 0.251 e. The van der Waals surface area contributed by atoms with Crippen molar-refractivity contribution in [3.63, 3.8) is 0 Å². The van der Waals surface area contributed by atoms with E-state index in [-0.39, 0.29) is 30.8 Å². The van der Waals surface area contributed by atoms with Crippen molar-refractivity contribution in [2.75, 3.05) is 25.6 Å². The van der Waals surface area contributed by atoms with Crippen LogP contribution in [0.1, 0.15) is 35.2 Å². The summed E-state index contributed by atoms with van der Waals surface area (Å²) >= 11 is 6.00. The van der Waals surface area contributed by atoms with Crippen LogP contribution in [0.4, 0.5) is 5.69 Å². The first-order valence-electron chi connectivity index (χ1n) is 11.1. The molecule has 1 saturated carbocycles. The molecule has 3 unspecified atom stereocenters. The Morgan fingerprint density at radius 1 is 1.15 bits per heavy atom. The van der Waals surface area contributed by atoms with Gasteiger partial charge in [0.15, 0.2) is 5.78 Å². The molecule has 3 atom stereocenters. The molecule has 2 aliphatic rings. The van der Waals surface area contributed by atoms with Crippen LogP contribution < -0.4 is 15.5 Å². The van der Waals surface area contributed by atoms with E-state index in [1.807, 2.05) is 43.3 Å². The number of benzene rings is 2. The normalized spacial score (nSPS) is 22.5. The molecule has 2 amide bonds. The molecule has 7 nitrogen and oxygen atoms in total. The van der Waals surface area contributed by atoms with Crippen molar-refractivity contribution in [3.05, 3.63) is 64.7 Å². The number of rotatable bonds is 7. The molecule has 1 aliphatic heterocycles. The summed E-state index contributed by atoms with van der Waals surface area (Å²) in [6.45, 7) is 0.0113. The summed E-state index contributed by atoms with van der Waals surface area (Å²) in [6.07, 6.45) is 2.05. The molecule has 0 aromatic heterocycles. The van der Waals surface area contributed by atoms with Crippen LogP contribution in [-0.4, -0.2) is 56.0 Å². The van der Waals surface area contributed by atoms with Crippen LogP contribution >= 0.6 is 11.6 Å². The van der Waals surface area contributed by atoms with Crippen LogP contribution in [0, 0.1) is 0 Å². The second-order valence-electron chi connectivity index (χ2n) is 8.87. The number of anilines is 1. The van der Waals surface area contributed by atoms with Crippen molar-refractivity contribution in [1.82, 2.24) is 10.6 Å². The highest BCUT2D eigenvalue weighted by Gasteiger charge is 2.55. The van der Waals surface area contributed by atoms with E-state index in [0.717, 1.165) is 24.1 Å². The number of amides is 2. The SMILES string of the molecule is CN(C)c1ccc(C(=O)NC(Cc2ccc(Cl)cc2)C(=O)NC23CCCC2OCC3=O)cc1. The van der Waals surface area contributed by atoms with E-state index in [2.05, 4.69) is 10.6 Å². The molecular formula is C25H28ClN3O4. The van der Waals surface area contributed by atoms with Crippen LogP contribution in [0.3, 0.4) is 0 Å². The summed E-state index contributed by atoms with van der Waals surface area (Å²) in [5.41, 5.74) is 1.27. The maximum absolute atomic E-state index is 13.4. The number of halogens is 1. The lowest BCUT2D eigenvalue weighted by Crippen LogP contribution is -2.60. The van der Waals surface area contributed by atoms with Gasteiger partial charge in [-0.1, -0.05) is 23.7 Å². The first-order valence-corrected chi connectivity index (χ1v) is 11.5. The number of Topliss-reactive ketones (excluding diaryl/α,β-unsaturated/α-hetero) is 1.